The van der Waals surface area contributed by atoms with Gasteiger partial charge in [-0.25, -0.2) is 0 Å². The highest BCUT2D eigenvalue weighted by Gasteiger charge is 2.36. The standard InChI is InChI=1S/C16H29N3/c1-7-17-15-9-10(2)8-11(3)16(15)19-14(6)12(4)13(5)18-19/h10-11,15-17H,7-9H2,1-6H3. The van der Waals surface area contributed by atoms with Gasteiger partial charge in [0.25, 0.3) is 0 Å². The van der Waals surface area contributed by atoms with Crippen LogP contribution in [0.5, 0.6) is 0 Å². The van der Waals surface area contributed by atoms with Crippen LogP contribution in [0, 0.1) is 32.6 Å². The van der Waals surface area contributed by atoms with Crippen LogP contribution in [0.4, 0.5) is 0 Å². The molecule has 0 aliphatic heterocycles. The van der Waals surface area contributed by atoms with E-state index in [0.717, 1.165) is 12.5 Å². The predicted octanol–water partition coefficient (Wildman–Crippen LogP) is 3.39. The van der Waals surface area contributed by atoms with Crippen molar-refractivity contribution < 1.29 is 0 Å². The minimum absolute atomic E-state index is 0.503. The minimum atomic E-state index is 0.503. The van der Waals surface area contributed by atoms with Crippen molar-refractivity contribution in [3.05, 3.63) is 17.0 Å². The van der Waals surface area contributed by atoms with Crippen LogP contribution in [-0.4, -0.2) is 22.4 Å². The fourth-order valence-corrected chi connectivity index (χ4v) is 3.75. The average molecular weight is 263 g/mol. The molecule has 0 spiro atoms. The molecule has 1 aliphatic carbocycles. The van der Waals surface area contributed by atoms with E-state index < -0.39 is 0 Å². The van der Waals surface area contributed by atoms with Gasteiger partial charge in [-0.1, -0.05) is 20.8 Å². The first-order valence-electron chi connectivity index (χ1n) is 7.71. The minimum Gasteiger partial charge on any atom is -0.312 e. The second kappa shape index (κ2) is 5.66. The highest BCUT2D eigenvalue weighted by Crippen LogP contribution is 2.38. The molecule has 0 aromatic carbocycles. The van der Waals surface area contributed by atoms with E-state index in [1.807, 2.05) is 0 Å². The SMILES string of the molecule is CCNC1CC(C)CC(C)C1n1nc(C)c(C)c1C. The molecule has 1 fully saturated rings. The van der Waals surface area contributed by atoms with Crippen LogP contribution >= 0.6 is 0 Å². The Morgan fingerprint density at radius 2 is 1.89 bits per heavy atom. The summed E-state index contributed by atoms with van der Waals surface area (Å²) in [6.45, 7) is 14.5. The monoisotopic (exact) mass is 263 g/mol. The van der Waals surface area contributed by atoms with E-state index in [0.29, 0.717) is 18.0 Å². The van der Waals surface area contributed by atoms with Gasteiger partial charge in [-0.2, -0.15) is 5.10 Å². The summed E-state index contributed by atoms with van der Waals surface area (Å²) in [6.07, 6.45) is 2.57. The van der Waals surface area contributed by atoms with Gasteiger partial charge in [0.05, 0.1) is 11.7 Å². The van der Waals surface area contributed by atoms with Gasteiger partial charge in [0.2, 0.25) is 0 Å². The Kier molecular flexibility index (Phi) is 4.34. The Balaban J connectivity index is 2.35. The maximum absolute atomic E-state index is 4.82. The summed E-state index contributed by atoms with van der Waals surface area (Å²) >= 11 is 0. The molecule has 1 N–H and O–H groups in total. The number of aromatic nitrogens is 2. The lowest BCUT2D eigenvalue weighted by Crippen LogP contribution is -2.46. The maximum atomic E-state index is 4.82. The Bertz CT molecular complexity index is 435. The third-order valence-corrected chi connectivity index (χ3v) is 4.86. The van der Waals surface area contributed by atoms with Gasteiger partial charge in [0, 0.05) is 11.7 Å². The molecule has 4 atom stereocenters. The zero-order valence-corrected chi connectivity index (χ0v) is 13.3. The smallest absolute Gasteiger partial charge is 0.0701 e. The average Bonchev–Trinajstić information content (AvgIpc) is 2.57. The first-order chi connectivity index (χ1) is 8.95. The van der Waals surface area contributed by atoms with Crippen LogP contribution < -0.4 is 5.32 Å². The molecule has 3 nitrogen and oxygen atoms in total. The van der Waals surface area contributed by atoms with Gasteiger partial charge in [-0.15, -0.1) is 0 Å². The van der Waals surface area contributed by atoms with Crippen molar-refractivity contribution in [3.63, 3.8) is 0 Å². The number of rotatable bonds is 3. The van der Waals surface area contributed by atoms with Gasteiger partial charge in [0.1, 0.15) is 0 Å². The molecule has 1 heterocycles. The lowest BCUT2D eigenvalue weighted by Gasteiger charge is -2.40. The van der Waals surface area contributed by atoms with E-state index in [9.17, 15) is 0 Å². The normalized spacial score (nSPS) is 31.7. The molecule has 4 unspecified atom stereocenters. The molecule has 19 heavy (non-hydrogen) atoms. The van der Waals surface area contributed by atoms with E-state index in [2.05, 4.69) is 51.5 Å². The first kappa shape index (κ1) is 14.6. The molecule has 0 amide bonds. The van der Waals surface area contributed by atoms with Crippen molar-refractivity contribution in [1.29, 1.82) is 0 Å². The van der Waals surface area contributed by atoms with Crippen LogP contribution in [0.25, 0.3) is 0 Å². The number of hydrogen-bond acceptors (Lipinski definition) is 2. The fourth-order valence-electron chi connectivity index (χ4n) is 3.75. The maximum Gasteiger partial charge on any atom is 0.0701 e. The fraction of sp³-hybridized carbons (Fsp3) is 0.812. The lowest BCUT2D eigenvalue weighted by molar-refractivity contribution is 0.142. The van der Waals surface area contributed by atoms with Crippen LogP contribution in [0.2, 0.25) is 0 Å². The van der Waals surface area contributed by atoms with Crippen LogP contribution in [0.3, 0.4) is 0 Å². The third-order valence-electron chi connectivity index (χ3n) is 4.86. The molecule has 1 aromatic heterocycles. The molecule has 3 heteroatoms. The molecule has 1 saturated carbocycles. The van der Waals surface area contributed by atoms with Crippen molar-refractivity contribution in [3.8, 4) is 0 Å². The molecule has 0 bridgehead atoms. The Morgan fingerprint density at radius 3 is 2.42 bits per heavy atom. The molecular weight excluding hydrogens is 234 g/mol. The van der Waals surface area contributed by atoms with Crippen molar-refractivity contribution in [1.82, 2.24) is 15.1 Å². The van der Waals surface area contributed by atoms with Crippen molar-refractivity contribution in [2.75, 3.05) is 6.54 Å². The van der Waals surface area contributed by atoms with Crippen molar-refractivity contribution in [2.24, 2.45) is 11.8 Å². The van der Waals surface area contributed by atoms with E-state index in [-0.39, 0.29) is 0 Å². The number of hydrogen-bond donors (Lipinski definition) is 1. The summed E-state index contributed by atoms with van der Waals surface area (Å²) < 4.78 is 2.30. The largest absolute Gasteiger partial charge is 0.312 e. The van der Waals surface area contributed by atoms with Gasteiger partial charge >= 0.3 is 0 Å². The number of aryl methyl sites for hydroxylation is 1. The Hall–Kier alpha value is -0.830. The highest BCUT2D eigenvalue weighted by molar-refractivity contribution is 5.23. The second-order valence-corrected chi connectivity index (χ2v) is 6.45. The van der Waals surface area contributed by atoms with Crippen molar-refractivity contribution in [2.45, 2.75) is 66.5 Å². The van der Waals surface area contributed by atoms with Gasteiger partial charge < -0.3 is 5.32 Å². The van der Waals surface area contributed by atoms with Gasteiger partial charge in [0.15, 0.2) is 0 Å². The van der Waals surface area contributed by atoms with Crippen LogP contribution in [0.1, 0.15) is 56.6 Å². The van der Waals surface area contributed by atoms with Crippen molar-refractivity contribution >= 4 is 0 Å². The predicted molar refractivity (Wildman–Crippen MR) is 80.5 cm³/mol. The molecular formula is C16H29N3. The molecule has 2 rings (SSSR count). The molecule has 1 aromatic rings. The van der Waals surface area contributed by atoms with E-state index in [4.69, 9.17) is 5.10 Å². The molecule has 1 aliphatic rings. The van der Waals surface area contributed by atoms with Gasteiger partial charge in [-0.3, -0.25) is 4.68 Å². The van der Waals surface area contributed by atoms with Crippen LogP contribution in [0.15, 0.2) is 0 Å². The number of likely N-dealkylation sites (N-methyl/N-ethyl adjacent to an activating group) is 1. The quantitative estimate of drug-likeness (QED) is 0.906. The number of nitrogens with one attached hydrogen (secondary N) is 1. The molecule has 0 saturated heterocycles. The molecule has 0 radical (unpaired) electrons. The van der Waals surface area contributed by atoms with E-state index in [1.165, 1.54) is 29.8 Å². The second-order valence-electron chi connectivity index (χ2n) is 6.45. The Labute approximate surface area is 117 Å². The molecule has 108 valence electrons. The van der Waals surface area contributed by atoms with E-state index in [1.54, 1.807) is 0 Å². The zero-order valence-electron chi connectivity index (χ0n) is 13.3. The Morgan fingerprint density at radius 1 is 1.21 bits per heavy atom. The summed E-state index contributed by atoms with van der Waals surface area (Å²) in [7, 11) is 0. The summed E-state index contributed by atoms with van der Waals surface area (Å²) in [5, 5.41) is 8.51. The summed E-state index contributed by atoms with van der Waals surface area (Å²) in [5.41, 5.74) is 3.87. The van der Waals surface area contributed by atoms with E-state index >= 15 is 0 Å². The lowest BCUT2D eigenvalue weighted by atomic mass is 9.76. The number of nitrogens with zero attached hydrogens (tertiary/aromatic N) is 2. The summed E-state index contributed by atoms with van der Waals surface area (Å²) in [6, 6.07) is 1.06. The summed E-state index contributed by atoms with van der Waals surface area (Å²) in [5.74, 6) is 1.50. The summed E-state index contributed by atoms with van der Waals surface area (Å²) in [4.78, 5) is 0. The first-order valence-corrected chi connectivity index (χ1v) is 7.71. The van der Waals surface area contributed by atoms with Crippen LogP contribution in [-0.2, 0) is 0 Å². The van der Waals surface area contributed by atoms with Gasteiger partial charge in [-0.05, 0) is 57.6 Å². The topological polar surface area (TPSA) is 29.9 Å². The zero-order chi connectivity index (χ0) is 14.2. The highest BCUT2D eigenvalue weighted by atomic mass is 15.3. The third kappa shape index (κ3) is 2.71.